The van der Waals surface area contributed by atoms with Crippen molar-refractivity contribution in [2.24, 2.45) is 0 Å². The molecule has 0 bridgehead atoms. The largest absolute Gasteiger partial charge is 0.361 e. The molecular formula is C20H23NO2. The lowest BCUT2D eigenvalue weighted by atomic mass is 9.95. The number of rotatable bonds is 2. The Morgan fingerprint density at radius 3 is 2.48 bits per heavy atom. The lowest BCUT2D eigenvalue weighted by molar-refractivity contribution is -0.264. The highest BCUT2D eigenvalue weighted by atomic mass is 16.6. The minimum absolute atomic E-state index is 0.479. The second-order valence-corrected chi connectivity index (χ2v) is 6.66. The number of nitrogens with zero attached hydrogens (tertiary/aromatic N) is 1. The average molecular weight is 309 g/mol. The fourth-order valence-corrected chi connectivity index (χ4v) is 3.74. The van der Waals surface area contributed by atoms with Gasteiger partial charge in [-0.15, -0.1) is 0 Å². The average Bonchev–Trinajstić information content (AvgIpc) is 2.62. The molecule has 0 spiro atoms. The first-order chi connectivity index (χ1) is 11.2. The quantitative estimate of drug-likeness (QED) is 0.923. The van der Waals surface area contributed by atoms with Crippen molar-refractivity contribution in [3.63, 3.8) is 0 Å². The molecule has 2 unspecified atom stereocenters. The van der Waals surface area contributed by atoms with E-state index in [1.54, 1.807) is 0 Å². The van der Waals surface area contributed by atoms with Crippen LogP contribution in [0.25, 0.3) is 11.1 Å². The maximum absolute atomic E-state index is 11.0. The minimum Gasteiger partial charge on any atom is -0.361 e. The third-order valence-corrected chi connectivity index (χ3v) is 5.12. The molecule has 2 aromatic rings. The SMILES string of the molecule is OC1(c2ccc(-c3ccccc3)cc2)CN2CCCCC2CO1. The van der Waals surface area contributed by atoms with Gasteiger partial charge in [0.2, 0.25) is 5.79 Å². The third kappa shape index (κ3) is 2.92. The van der Waals surface area contributed by atoms with E-state index in [1.165, 1.54) is 24.8 Å². The van der Waals surface area contributed by atoms with Crippen molar-refractivity contribution in [1.29, 1.82) is 0 Å². The van der Waals surface area contributed by atoms with Crippen LogP contribution in [0, 0.1) is 0 Å². The molecule has 2 aliphatic rings. The van der Waals surface area contributed by atoms with Crippen LogP contribution in [0.2, 0.25) is 0 Å². The van der Waals surface area contributed by atoms with Gasteiger partial charge >= 0.3 is 0 Å². The maximum Gasteiger partial charge on any atom is 0.205 e. The van der Waals surface area contributed by atoms with Gasteiger partial charge in [-0.3, -0.25) is 4.90 Å². The van der Waals surface area contributed by atoms with Gasteiger partial charge in [-0.2, -0.15) is 0 Å². The fraction of sp³-hybridized carbons (Fsp3) is 0.400. The van der Waals surface area contributed by atoms with E-state index in [9.17, 15) is 5.11 Å². The highest BCUT2D eigenvalue weighted by Gasteiger charge is 2.41. The van der Waals surface area contributed by atoms with E-state index in [-0.39, 0.29) is 0 Å². The summed E-state index contributed by atoms with van der Waals surface area (Å²) in [6, 6.07) is 18.9. The summed E-state index contributed by atoms with van der Waals surface area (Å²) in [5, 5.41) is 11.0. The molecule has 0 saturated carbocycles. The standard InChI is InChI=1S/C20H23NO2/c22-20(15-21-13-5-4-8-19(21)14-23-20)18-11-9-17(10-12-18)16-6-2-1-3-7-16/h1-3,6-7,9-12,19,22H,4-5,8,13-15H2. The first kappa shape index (κ1) is 14.9. The first-order valence-electron chi connectivity index (χ1n) is 8.51. The molecule has 2 saturated heterocycles. The molecule has 3 heteroatoms. The predicted molar refractivity (Wildman–Crippen MR) is 90.9 cm³/mol. The minimum atomic E-state index is -1.18. The predicted octanol–water partition coefficient (Wildman–Crippen LogP) is 3.38. The maximum atomic E-state index is 11.0. The summed E-state index contributed by atoms with van der Waals surface area (Å²) < 4.78 is 5.88. The Hall–Kier alpha value is -1.68. The molecule has 2 heterocycles. The summed E-state index contributed by atoms with van der Waals surface area (Å²) in [5.74, 6) is -1.18. The van der Waals surface area contributed by atoms with Crippen molar-refractivity contribution in [3.05, 3.63) is 60.2 Å². The molecule has 0 radical (unpaired) electrons. The fourth-order valence-electron chi connectivity index (χ4n) is 3.74. The van der Waals surface area contributed by atoms with Crippen molar-refractivity contribution in [3.8, 4) is 11.1 Å². The molecular weight excluding hydrogens is 286 g/mol. The molecule has 2 aliphatic heterocycles. The normalized spacial score (nSPS) is 28.3. The molecule has 0 aliphatic carbocycles. The van der Waals surface area contributed by atoms with E-state index in [0.717, 1.165) is 17.7 Å². The summed E-state index contributed by atoms with van der Waals surface area (Å²) in [7, 11) is 0. The molecule has 0 amide bonds. The van der Waals surface area contributed by atoms with Gasteiger partial charge in [0.1, 0.15) is 0 Å². The van der Waals surface area contributed by atoms with Gasteiger partial charge < -0.3 is 9.84 Å². The summed E-state index contributed by atoms with van der Waals surface area (Å²) in [6.07, 6.45) is 3.68. The molecule has 4 rings (SSSR count). The van der Waals surface area contributed by atoms with Crippen molar-refractivity contribution in [1.82, 2.24) is 4.90 Å². The smallest absolute Gasteiger partial charge is 0.205 e. The van der Waals surface area contributed by atoms with Crippen LogP contribution in [-0.4, -0.2) is 35.7 Å². The second kappa shape index (κ2) is 6.08. The second-order valence-electron chi connectivity index (χ2n) is 6.66. The first-order valence-corrected chi connectivity index (χ1v) is 8.51. The molecule has 0 aromatic heterocycles. The number of hydrogen-bond donors (Lipinski definition) is 1. The number of aliphatic hydroxyl groups is 1. The molecule has 2 fully saturated rings. The Kier molecular flexibility index (Phi) is 3.93. The van der Waals surface area contributed by atoms with E-state index in [1.807, 2.05) is 30.3 Å². The van der Waals surface area contributed by atoms with E-state index in [4.69, 9.17) is 4.74 Å². The number of piperidine rings is 1. The highest BCUT2D eigenvalue weighted by molar-refractivity contribution is 5.63. The number of fused-ring (bicyclic) bond motifs is 1. The van der Waals surface area contributed by atoms with Crippen molar-refractivity contribution >= 4 is 0 Å². The van der Waals surface area contributed by atoms with Crippen LogP contribution in [0.3, 0.4) is 0 Å². The Labute approximate surface area is 137 Å². The van der Waals surface area contributed by atoms with Crippen LogP contribution in [0.4, 0.5) is 0 Å². The lowest BCUT2D eigenvalue weighted by Gasteiger charge is -2.46. The molecule has 1 N–H and O–H groups in total. The van der Waals surface area contributed by atoms with Crippen LogP contribution < -0.4 is 0 Å². The topological polar surface area (TPSA) is 32.7 Å². The van der Waals surface area contributed by atoms with Crippen LogP contribution >= 0.6 is 0 Å². The highest BCUT2D eigenvalue weighted by Crippen LogP contribution is 2.33. The zero-order chi connectivity index (χ0) is 15.7. The van der Waals surface area contributed by atoms with Crippen molar-refractivity contribution in [2.75, 3.05) is 19.7 Å². The van der Waals surface area contributed by atoms with Crippen LogP contribution in [0.1, 0.15) is 24.8 Å². The number of morpholine rings is 1. The summed E-state index contributed by atoms with van der Waals surface area (Å²) >= 11 is 0. The molecule has 120 valence electrons. The Bertz CT molecular complexity index is 655. The third-order valence-electron chi connectivity index (χ3n) is 5.12. The Balaban J connectivity index is 1.55. The zero-order valence-electron chi connectivity index (χ0n) is 13.3. The summed E-state index contributed by atoms with van der Waals surface area (Å²) in [5.41, 5.74) is 3.19. The van der Waals surface area contributed by atoms with E-state index in [0.29, 0.717) is 19.2 Å². The number of ether oxygens (including phenoxy) is 1. The van der Waals surface area contributed by atoms with E-state index >= 15 is 0 Å². The Morgan fingerprint density at radius 1 is 0.957 bits per heavy atom. The van der Waals surface area contributed by atoms with Crippen LogP contribution in [0.5, 0.6) is 0 Å². The molecule has 3 nitrogen and oxygen atoms in total. The van der Waals surface area contributed by atoms with E-state index < -0.39 is 5.79 Å². The van der Waals surface area contributed by atoms with Gasteiger partial charge in [0.25, 0.3) is 0 Å². The Morgan fingerprint density at radius 2 is 1.70 bits per heavy atom. The van der Waals surface area contributed by atoms with Gasteiger partial charge in [0.15, 0.2) is 0 Å². The van der Waals surface area contributed by atoms with E-state index in [2.05, 4.69) is 29.2 Å². The van der Waals surface area contributed by atoms with Gasteiger partial charge in [-0.05, 0) is 30.5 Å². The molecule has 23 heavy (non-hydrogen) atoms. The zero-order valence-corrected chi connectivity index (χ0v) is 13.3. The number of hydrogen-bond acceptors (Lipinski definition) is 3. The molecule has 2 aromatic carbocycles. The number of benzene rings is 2. The van der Waals surface area contributed by atoms with Gasteiger partial charge in [0, 0.05) is 11.6 Å². The lowest BCUT2D eigenvalue weighted by Crippen LogP contribution is -2.56. The molecule has 2 atom stereocenters. The van der Waals surface area contributed by atoms with Crippen LogP contribution in [0.15, 0.2) is 54.6 Å². The van der Waals surface area contributed by atoms with Crippen LogP contribution in [-0.2, 0) is 10.5 Å². The van der Waals surface area contributed by atoms with Gasteiger partial charge in [-0.1, -0.05) is 61.0 Å². The monoisotopic (exact) mass is 309 g/mol. The van der Waals surface area contributed by atoms with Crippen molar-refractivity contribution in [2.45, 2.75) is 31.1 Å². The summed E-state index contributed by atoms with van der Waals surface area (Å²) in [4.78, 5) is 2.39. The van der Waals surface area contributed by atoms with Gasteiger partial charge in [-0.25, -0.2) is 0 Å². The van der Waals surface area contributed by atoms with Gasteiger partial charge in [0.05, 0.1) is 13.2 Å². The summed E-state index contributed by atoms with van der Waals surface area (Å²) in [6.45, 7) is 2.26. The van der Waals surface area contributed by atoms with Crippen molar-refractivity contribution < 1.29 is 9.84 Å².